The fourth-order valence-electron chi connectivity index (χ4n) is 0.863. The maximum Gasteiger partial charge on any atom is 0.243 e. The number of amides is 1. The molecule has 4 N–H and O–H groups in total. The van der Waals surface area contributed by atoms with E-state index in [2.05, 4.69) is 5.32 Å². The van der Waals surface area contributed by atoms with Gasteiger partial charge in [0.2, 0.25) is 5.91 Å². The molecule has 4 heteroatoms. The molecule has 1 amide bonds. The molecule has 0 atom stereocenters. The molecule has 0 saturated heterocycles. The lowest BCUT2D eigenvalue weighted by Crippen LogP contribution is -2.45. The second kappa shape index (κ2) is 3.67. The Morgan fingerprint density at radius 1 is 1.43 bits per heavy atom. The summed E-state index contributed by atoms with van der Waals surface area (Å²) in [4.78, 5) is 11.4. The number of benzene rings is 1. The monoisotopic (exact) mass is 194 g/mol. The molecular weight excluding hydrogens is 180 g/mol. The Kier molecular flexibility index (Phi) is 2.76. The van der Waals surface area contributed by atoms with Gasteiger partial charge < -0.3 is 16.2 Å². The molecule has 0 fully saturated rings. The van der Waals surface area contributed by atoms with Crippen molar-refractivity contribution in [1.29, 1.82) is 0 Å². The van der Waals surface area contributed by atoms with E-state index in [0.29, 0.717) is 5.69 Å². The van der Waals surface area contributed by atoms with Crippen LogP contribution < -0.4 is 11.1 Å². The number of carbonyl (C=O) groups excluding carboxylic acids is 1. The highest BCUT2D eigenvalue weighted by Gasteiger charge is 2.22. The highest BCUT2D eigenvalue weighted by Crippen LogP contribution is 2.22. The minimum Gasteiger partial charge on any atom is -0.506 e. The van der Waals surface area contributed by atoms with E-state index in [4.69, 9.17) is 5.73 Å². The van der Waals surface area contributed by atoms with E-state index in [1.54, 1.807) is 32.0 Å². The first-order chi connectivity index (χ1) is 6.41. The third kappa shape index (κ3) is 2.47. The number of hydrogen-bond donors (Lipinski definition) is 3. The van der Waals surface area contributed by atoms with Crippen molar-refractivity contribution in [2.45, 2.75) is 19.4 Å². The van der Waals surface area contributed by atoms with Gasteiger partial charge in [0.25, 0.3) is 0 Å². The Labute approximate surface area is 82.7 Å². The predicted octanol–water partition coefficient (Wildman–Crippen LogP) is 1.07. The molecule has 1 rings (SSSR count). The Morgan fingerprint density at radius 2 is 2.00 bits per heavy atom. The summed E-state index contributed by atoms with van der Waals surface area (Å²) in [7, 11) is 0. The van der Waals surface area contributed by atoms with Crippen molar-refractivity contribution in [1.82, 2.24) is 0 Å². The van der Waals surface area contributed by atoms with Gasteiger partial charge >= 0.3 is 0 Å². The zero-order chi connectivity index (χ0) is 10.8. The molecule has 76 valence electrons. The number of phenols is 1. The Bertz CT molecular complexity index is 342. The van der Waals surface area contributed by atoms with Crippen LogP contribution in [0.25, 0.3) is 0 Å². The summed E-state index contributed by atoms with van der Waals surface area (Å²) in [5.74, 6) is -0.302. The van der Waals surface area contributed by atoms with Crippen molar-refractivity contribution in [2.24, 2.45) is 5.73 Å². The first-order valence-electron chi connectivity index (χ1n) is 4.29. The lowest BCUT2D eigenvalue weighted by molar-refractivity contribution is -0.120. The highest BCUT2D eigenvalue weighted by molar-refractivity contribution is 5.98. The number of phenolic OH excluding ortho intramolecular Hbond substituents is 1. The van der Waals surface area contributed by atoms with Crippen molar-refractivity contribution in [2.75, 3.05) is 5.32 Å². The normalized spacial score (nSPS) is 11.1. The number of nitrogens with one attached hydrogen (secondary N) is 1. The van der Waals surface area contributed by atoms with Gasteiger partial charge in [0.05, 0.1) is 11.2 Å². The predicted molar refractivity (Wildman–Crippen MR) is 55.0 cm³/mol. The van der Waals surface area contributed by atoms with Crippen LogP contribution in [0, 0.1) is 0 Å². The SMILES string of the molecule is CC(C)(N)C(=O)Nc1ccccc1O. The minimum atomic E-state index is -0.956. The van der Waals surface area contributed by atoms with Gasteiger partial charge in [-0.2, -0.15) is 0 Å². The topological polar surface area (TPSA) is 75.4 Å². The fraction of sp³-hybridized carbons (Fsp3) is 0.300. The van der Waals surface area contributed by atoms with Crippen molar-refractivity contribution >= 4 is 11.6 Å². The maximum atomic E-state index is 11.4. The molecule has 0 unspecified atom stereocenters. The van der Waals surface area contributed by atoms with E-state index in [1.807, 2.05) is 0 Å². The maximum absolute atomic E-state index is 11.4. The molecule has 0 aliphatic carbocycles. The van der Waals surface area contributed by atoms with E-state index >= 15 is 0 Å². The van der Waals surface area contributed by atoms with Crippen LogP contribution in [0.4, 0.5) is 5.69 Å². The van der Waals surface area contributed by atoms with Crippen LogP contribution in [-0.2, 0) is 4.79 Å². The number of carbonyl (C=O) groups is 1. The summed E-state index contributed by atoms with van der Waals surface area (Å²) in [6.45, 7) is 3.20. The lowest BCUT2D eigenvalue weighted by atomic mass is 10.1. The summed E-state index contributed by atoms with van der Waals surface area (Å²) in [6, 6.07) is 6.51. The molecule has 0 aliphatic heterocycles. The van der Waals surface area contributed by atoms with Crippen LogP contribution in [0.5, 0.6) is 5.75 Å². The van der Waals surface area contributed by atoms with Gasteiger partial charge in [-0.1, -0.05) is 12.1 Å². The molecule has 0 aliphatic rings. The third-order valence-electron chi connectivity index (χ3n) is 1.74. The molecule has 0 saturated carbocycles. The van der Waals surface area contributed by atoms with Gasteiger partial charge in [-0.05, 0) is 26.0 Å². The van der Waals surface area contributed by atoms with Gasteiger partial charge in [0, 0.05) is 0 Å². The molecule has 0 spiro atoms. The molecular formula is C10H14N2O2. The number of para-hydroxylation sites is 2. The van der Waals surface area contributed by atoms with E-state index in [-0.39, 0.29) is 11.7 Å². The first kappa shape index (κ1) is 10.5. The van der Waals surface area contributed by atoms with Gasteiger partial charge in [0.15, 0.2) is 0 Å². The lowest BCUT2D eigenvalue weighted by Gasteiger charge is -2.18. The smallest absolute Gasteiger partial charge is 0.243 e. The number of anilines is 1. The highest BCUT2D eigenvalue weighted by atomic mass is 16.3. The Balaban J connectivity index is 2.80. The zero-order valence-electron chi connectivity index (χ0n) is 8.24. The quantitative estimate of drug-likeness (QED) is 0.616. The second-order valence-electron chi connectivity index (χ2n) is 3.69. The van der Waals surface area contributed by atoms with Crippen LogP contribution in [0.1, 0.15) is 13.8 Å². The largest absolute Gasteiger partial charge is 0.506 e. The van der Waals surface area contributed by atoms with Gasteiger partial charge in [-0.15, -0.1) is 0 Å². The van der Waals surface area contributed by atoms with Crippen LogP contribution in [0.2, 0.25) is 0 Å². The van der Waals surface area contributed by atoms with E-state index in [1.165, 1.54) is 6.07 Å². The minimum absolute atomic E-state index is 0.0325. The van der Waals surface area contributed by atoms with Gasteiger partial charge in [-0.3, -0.25) is 4.79 Å². The molecule has 0 aromatic heterocycles. The summed E-state index contributed by atoms with van der Waals surface area (Å²) in [5.41, 5.74) is 5.00. The number of hydrogen-bond acceptors (Lipinski definition) is 3. The van der Waals surface area contributed by atoms with Crippen LogP contribution in [-0.4, -0.2) is 16.6 Å². The van der Waals surface area contributed by atoms with Crippen LogP contribution >= 0.6 is 0 Å². The Hall–Kier alpha value is -1.55. The van der Waals surface area contributed by atoms with Crippen molar-refractivity contribution in [3.8, 4) is 5.75 Å². The van der Waals surface area contributed by atoms with Gasteiger partial charge in [-0.25, -0.2) is 0 Å². The summed E-state index contributed by atoms with van der Waals surface area (Å²) in [5, 5.41) is 11.9. The molecule has 0 bridgehead atoms. The van der Waals surface area contributed by atoms with E-state index < -0.39 is 5.54 Å². The summed E-state index contributed by atoms with van der Waals surface area (Å²) >= 11 is 0. The van der Waals surface area contributed by atoms with Crippen LogP contribution in [0.3, 0.4) is 0 Å². The third-order valence-corrected chi connectivity index (χ3v) is 1.74. The first-order valence-corrected chi connectivity index (χ1v) is 4.29. The fourth-order valence-corrected chi connectivity index (χ4v) is 0.863. The zero-order valence-corrected chi connectivity index (χ0v) is 8.24. The molecule has 4 nitrogen and oxygen atoms in total. The van der Waals surface area contributed by atoms with Crippen LogP contribution in [0.15, 0.2) is 24.3 Å². The van der Waals surface area contributed by atoms with Crippen molar-refractivity contribution in [3.63, 3.8) is 0 Å². The number of rotatable bonds is 2. The summed E-state index contributed by atoms with van der Waals surface area (Å²) < 4.78 is 0. The van der Waals surface area contributed by atoms with Gasteiger partial charge in [0.1, 0.15) is 5.75 Å². The number of nitrogens with two attached hydrogens (primary N) is 1. The van der Waals surface area contributed by atoms with E-state index in [9.17, 15) is 9.90 Å². The van der Waals surface area contributed by atoms with Crippen molar-refractivity contribution in [3.05, 3.63) is 24.3 Å². The molecule has 0 radical (unpaired) electrons. The average Bonchev–Trinajstić information content (AvgIpc) is 2.07. The molecule has 0 heterocycles. The molecule has 1 aromatic rings. The molecule has 1 aromatic carbocycles. The standard InChI is InChI=1S/C10H14N2O2/c1-10(2,11)9(14)12-7-5-3-4-6-8(7)13/h3-6,13H,11H2,1-2H3,(H,12,14). The number of aromatic hydroxyl groups is 1. The second-order valence-corrected chi connectivity index (χ2v) is 3.69. The van der Waals surface area contributed by atoms with E-state index in [0.717, 1.165) is 0 Å². The molecule has 14 heavy (non-hydrogen) atoms. The van der Waals surface area contributed by atoms with Crippen molar-refractivity contribution < 1.29 is 9.90 Å². The summed E-state index contributed by atoms with van der Waals surface area (Å²) in [6.07, 6.45) is 0. The average molecular weight is 194 g/mol. The Morgan fingerprint density at radius 3 is 2.50 bits per heavy atom.